The van der Waals surface area contributed by atoms with Gasteiger partial charge in [0.15, 0.2) is 17.6 Å². The highest BCUT2D eigenvalue weighted by Crippen LogP contribution is 2.43. The van der Waals surface area contributed by atoms with Gasteiger partial charge in [0.25, 0.3) is 5.56 Å². The predicted octanol–water partition coefficient (Wildman–Crippen LogP) is 5.81. The fourth-order valence-corrected chi connectivity index (χ4v) is 4.49. The van der Waals surface area contributed by atoms with Gasteiger partial charge in [0.1, 0.15) is 5.82 Å². The molecule has 3 aromatic rings. The molecule has 0 amide bonds. The number of fused-ring (bicyclic) bond motifs is 1. The molecule has 0 spiro atoms. The van der Waals surface area contributed by atoms with Crippen LogP contribution < -0.4 is 15.0 Å². The fourth-order valence-electron chi connectivity index (χ4n) is 3.21. The van der Waals surface area contributed by atoms with E-state index in [0.29, 0.717) is 42.7 Å². The summed E-state index contributed by atoms with van der Waals surface area (Å²) in [5.41, 5.74) is 0.468. The molecule has 2 aromatic carbocycles. The van der Waals surface area contributed by atoms with Crippen LogP contribution in [0.25, 0.3) is 10.9 Å². The van der Waals surface area contributed by atoms with E-state index in [1.54, 1.807) is 25.1 Å². The maximum absolute atomic E-state index is 13.4. The monoisotopic (exact) mass is 671 g/mol. The number of rotatable bonds is 6. The zero-order chi connectivity index (χ0) is 26.1. The minimum Gasteiger partial charge on any atom is -0.493 e. The van der Waals surface area contributed by atoms with Crippen molar-refractivity contribution in [3.63, 3.8) is 0 Å². The highest BCUT2D eigenvalue weighted by Gasteiger charge is 2.24. The van der Waals surface area contributed by atoms with Crippen molar-refractivity contribution in [2.45, 2.75) is 39.2 Å². The number of nitrogens with zero attached hydrogens (tertiary/aromatic N) is 3. The SMILES string of the molecule is COC(=O)[C@H](C)Oc1c(OC)cc(C=Nn2c(C(C)(C)C)nc3ccc(Br)cc3c2=O)c(Br)c1Br. The van der Waals surface area contributed by atoms with Crippen LogP contribution in [0.5, 0.6) is 11.5 Å². The molecule has 0 saturated heterocycles. The molecule has 3 rings (SSSR count). The molecule has 1 heterocycles. The molecule has 186 valence electrons. The Balaban J connectivity index is 2.15. The number of methoxy groups -OCH3 is 2. The third kappa shape index (κ3) is 5.78. The number of aromatic nitrogens is 2. The second-order valence-corrected chi connectivity index (χ2v) is 11.1. The van der Waals surface area contributed by atoms with Crippen molar-refractivity contribution in [1.29, 1.82) is 0 Å². The molecule has 0 aliphatic carbocycles. The Morgan fingerprint density at radius 2 is 1.83 bits per heavy atom. The zero-order valence-corrected chi connectivity index (χ0v) is 24.7. The van der Waals surface area contributed by atoms with Gasteiger partial charge < -0.3 is 14.2 Å². The highest BCUT2D eigenvalue weighted by atomic mass is 79.9. The summed E-state index contributed by atoms with van der Waals surface area (Å²) in [5, 5.41) is 4.96. The Labute approximate surface area is 228 Å². The van der Waals surface area contributed by atoms with Crippen LogP contribution in [0.3, 0.4) is 0 Å². The lowest BCUT2D eigenvalue weighted by Crippen LogP contribution is -2.29. The summed E-state index contributed by atoms with van der Waals surface area (Å²) in [5.74, 6) is 0.674. The van der Waals surface area contributed by atoms with E-state index >= 15 is 0 Å². The molecule has 0 bridgehead atoms. The normalized spacial score (nSPS) is 12.7. The number of benzene rings is 2. The van der Waals surface area contributed by atoms with Crippen LogP contribution in [0.1, 0.15) is 39.1 Å². The third-order valence-electron chi connectivity index (χ3n) is 5.00. The Morgan fingerprint density at radius 1 is 1.14 bits per heavy atom. The van der Waals surface area contributed by atoms with E-state index in [9.17, 15) is 9.59 Å². The van der Waals surface area contributed by atoms with Gasteiger partial charge in [-0.1, -0.05) is 36.7 Å². The molecule has 1 atom stereocenters. The molecule has 35 heavy (non-hydrogen) atoms. The average Bonchev–Trinajstić information content (AvgIpc) is 2.81. The van der Waals surface area contributed by atoms with Crippen LogP contribution in [0.15, 0.2) is 47.6 Å². The van der Waals surface area contributed by atoms with E-state index in [2.05, 4.69) is 52.9 Å². The summed E-state index contributed by atoms with van der Waals surface area (Å²) in [4.78, 5) is 29.9. The first-order valence-electron chi connectivity index (χ1n) is 10.5. The number of hydrogen-bond acceptors (Lipinski definition) is 7. The summed E-state index contributed by atoms with van der Waals surface area (Å²) in [6.07, 6.45) is 0.681. The lowest BCUT2D eigenvalue weighted by Gasteiger charge is -2.21. The van der Waals surface area contributed by atoms with Gasteiger partial charge in [0.05, 0.1) is 35.8 Å². The summed E-state index contributed by atoms with van der Waals surface area (Å²) >= 11 is 10.5. The van der Waals surface area contributed by atoms with Crippen molar-refractivity contribution >= 4 is 70.9 Å². The highest BCUT2D eigenvalue weighted by molar-refractivity contribution is 9.13. The van der Waals surface area contributed by atoms with Gasteiger partial charge in [0, 0.05) is 19.9 Å². The molecule has 0 aliphatic heterocycles. The van der Waals surface area contributed by atoms with Gasteiger partial charge in [-0.3, -0.25) is 4.79 Å². The smallest absolute Gasteiger partial charge is 0.346 e. The summed E-state index contributed by atoms with van der Waals surface area (Å²) in [7, 11) is 2.78. The Kier molecular flexibility index (Phi) is 8.44. The van der Waals surface area contributed by atoms with Crippen LogP contribution in [-0.2, 0) is 14.9 Å². The van der Waals surface area contributed by atoms with E-state index in [1.807, 2.05) is 26.8 Å². The second kappa shape index (κ2) is 10.8. The minimum absolute atomic E-state index is 0.286. The Hall–Kier alpha value is -2.24. The van der Waals surface area contributed by atoms with E-state index in [-0.39, 0.29) is 5.56 Å². The van der Waals surface area contributed by atoms with Crippen molar-refractivity contribution in [2.24, 2.45) is 5.10 Å². The molecular weight excluding hydrogens is 650 g/mol. The zero-order valence-electron chi connectivity index (χ0n) is 20.0. The Morgan fingerprint density at radius 3 is 2.43 bits per heavy atom. The maximum Gasteiger partial charge on any atom is 0.346 e. The van der Waals surface area contributed by atoms with Crippen molar-refractivity contribution in [3.05, 3.63) is 59.4 Å². The first-order chi connectivity index (χ1) is 16.4. The molecule has 11 heteroatoms. The molecule has 0 aliphatic rings. The molecule has 1 aromatic heterocycles. The fraction of sp³-hybridized carbons (Fsp3) is 0.333. The van der Waals surface area contributed by atoms with Crippen molar-refractivity contribution in [2.75, 3.05) is 14.2 Å². The van der Waals surface area contributed by atoms with E-state index in [0.717, 1.165) is 4.47 Å². The molecule has 0 fully saturated rings. The molecular formula is C24H24Br3N3O5. The van der Waals surface area contributed by atoms with Crippen LogP contribution in [-0.4, -0.2) is 42.2 Å². The van der Waals surface area contributed by atoms with Gasteiger partial charge in [-0.2, -0.15) is 9.78 Å². The Bertz CT molecular complexity index is 1380. The maximum atomic E-state index is 13.4. The lowest BCUT2D eigenvalue weighted by molar-refractivity contribution is -0.147. The molecule has 0 N–H and O–H groups in total. The number of carbonyl (C=O) groups excluding carboxylic acids is 1. The number of ether oxygens (including phenoxy) is 3. The number of carbonyl (C=O) groups is 1. The first-order valence-corrected chi connectivity index (χ1v) is 12.8. The minimum atomic E-state index is -0.854. The predicted molar refractivity (Wildman–Crippen MR) is 146 cm³/mol. The van der Waals surface area contributed by atoms with Crippen LogP contribution in [0, 0.1) is 0 Å². The van der Waals surface area contributed by atoms with E-state index in [4.69, 9.17) is 19.2 Å². The van der Waals surface area contributed by atoms with E-state index < -0.39 is 17.5 Å². The molecule has 0 unspecified atom stereocenters. The van der Waals surface area contributed by atoms with Crippen molar-refractivity contribution in [3.8, 4) is 11.5 Å². The summed E-state index contributed by atoms with van der Waals surface area (Å²) in [6, 6.07) is 7.06. The second-order valence-electron chi connectivity index (χ2n) is 8.62. The van der Waals surface area contributed by atoms with Gasteiger partial charge in [-0.25, -0.2) is 9.78 Å². The van der Waals surface area contributed by atoms with Gasteiger partial charge in [0.2, 0.25) is 0 Å². The lowest BCUT2D eigenvalue weighted by atomic mass is 9.95. The van der Waals surface area contributed by atoms with E-state index in [1.165, 1.54) is 25.1 Å². The van der Waals surface area contributed by atoms with Gasteiger partial charge >= 0.3 is 5.97 Å². The van der Waals surface area contributed by atoms with Crippen molar-refractivity contribution in [1.82, 2.24) is 9.66 Å². The van der Waals surface area contributed by atoms with Crippen LogP contribution >= 0.6 is 47.8 Å². The molecule has 0 saturated carbocycles. The average molecular weight is 674 g/mol. The van der Waals surface area contributed by atoms with Crippen LogP contribution in [0.4, 0.5) is 0 Å². The summed E-state index contributed by atoms with van der Waals surface area (Å²) < 4.78 is 19.2. The standard InChI is InChI=1S/C24H24Br3N3O5/c1-12(22(32)34-6)35-20-17(33-5)9-13(18(26)19(20)27)11-28-30-21(31)15-10-14(25)7-8-16(15)29-23(30)24(2,3)4/h7-12H,1-6H3/t12-/m0/s1. The largest absolute Gasteiger partial charge is 0.493 e. The quantitative estimate of drug-likeness (QED) is 0.242. The van der Waals surface area contributed by atoms with Crippen LogP contribution in [0.2, 0.25) is 0 Å². The molecule has 0 radical (unpaired) electrons. The third-order valence-corrected chi connectivity index (χ3v) is 7.63. The number of hydrogen-bond donors (Lipinski definition) is 0. The topological polar surface area (TPSA) is 92.0 Å². The van der Waals surface area contributed by atoms with Gasteiger partial charge in [-0.05, 0) is 63.0 Å². The first kappa shape index (κ1) is 27.3. The number of halogens is 3. The van der Waals surface area contributed by atoms with Gasteiger partial charge in [-0.15, -0.1) is 0 Å². The molecule has 8 nitrogen and oxygen atoms in total. The summed E-state index contributed by atoms with van der Waals surface area (Å²) in [6.45, 7) is 7.48. The number of esters is 1. The van der Waals surface area contributed by atoms with Crippen molar-refractivity contribution < 1.29 is 19.0 Å².